The van der Waals surface area contributed by atoms with Gasteiger partial charge in [-0.05, 0) is 26.9 Å². The molecule has 0 fully saturated rings. The Morgan fingerprint density at radius 1 is 1.09 bits per heavy atom. The van der Waals surface area contributed by atoms with Crippen molar-refractivity contribution in [2.75, 3.05) is 14.1 Å². The van der Waals surface area contributed by atoms with Crippen molar-refractivity contribution < 1.29 is 0 Å². The number of nitrogens with zero attached hydrogens (tertiary/aromatic N) is 1. The quantitative estimate of drug-likeness (QED) is 0.612. The number of hydrogen-bond donors (Lipinski definition) is 0. The summed E-state index contributed by atoms with van der Waals surface area (Å²) in [6.07, 6.45) is 1.28. The smallest absolute Gasteiger partial charge is 0.00863 e. The first kappa shape index (κ1) is 13.5. The lowest BCUT2D eigenvalue weighted by Crippen LogP contribution is -2.30. The molecule has 0 heterocycles. The zero-order valence-corrected chi connectivity index (χ0v) is 9.31. The third-order valence-electron chi connectivity index (χ3n) is 2.28. The molecule has 0 saturated heterocycles. The summed E-state index contributed by atoms with van der Waals surface area (Å²) in [6, 6.07) is 0.718. The molecule has 0 aromatic rings. The second kappa shape index (κ2) is 8.06. The van der Waals surface area contributed by atoms with Gasteiger partial charge in [-0.3, -0.25) is 0 Å². The highest BCUT2D eigenvalue weighted by Crippen LogP contribution is 2.10. The Kier molecular flexibility index (Phi) is 9.92. The van der Waals surface area contributed by atoms with Crippen molar-refractivity contribution >= 4 is 0 Å². The minimum absolute atomic E-state index is 0.718. The average Bonchev–Trinajstić information content (AvgIpc) is 2.05. The van der Waals surface area contributed by atoms with E-state index in [-0.39, 0.29) is 0 Å². The molecule has 11 heavy (non-hydrogen) atoms. The van der Waals surface area contributed by atoms with E-state index in [0.29, 0.717) is 0 Å². The van der Waals surface area contributed by atoms with Crippen molar-refractivity contribution in [1.29, 1.82) is 0 Å². The molecule has 0 aromatic heterocycles. The van der Waals surface area contributed by atoms with Gasteiger partial charge in [0.15, 0.2) is 0 Å². The molecule has 70 valence electrons. The van der Waals surface area contributed by atoms with Crippen LogP contribution in [0.15, 0.2) is 0 Å². The summed E-state index contributed by atoms with van der Waals surface area (Å²) >= 11 is 0. The fourth-order valence-electron chi connectivity index (χ4n) is 0.850. The van der Waals surface area contributed by atoms with E-state index in [4.69, 9.17) is 0 Å². The highest BCUT2D eigenvalue weighted by atomic mass is 15.1. The molecule has 0 aliphatic heterocycles. The Morgan fingerprint density at radius 2 is 1.45 bits per heavy atom. The lowest BCUT2D eigenvalue weighted by molar-refractivity contribution is 0.235. The normalized spacial score (nSPS) is 15.3. The van der Waals surface area contributed by atoms with Crippen LogP contribution < -0.4 is 0 Å². The van der Waals surface area contributed by atoms with E-state index in [1.165, 1.54) is 6.42 Å². The van der Waals surface area contributed by atoms with Gasteiger partial charge in [0.1, 0.15) is 0 Å². The van der Waals surface area contributed by atoms with E-state index in [1.807, 2.05) is 13.8 Å². The molecular formula is C10H25N. The zero-order valence-electron chi connectivity index (χ0n) is 9.31. The highest BCUT2D eigenvalue weighted by Gasteiger charge is 2.10. The minimum atomic E-state index is 0.718. The molecule has 0 radical (unpaired) electrons. The van der Waals surface area contributed by atoms with E-state index in [1.54, 1.807) is 0 Å². The predicted molar refractivity (Wildman–Crippen MR) is 54.0 cm³/mol. The van der Waals surface area contributed by atoms with Gasteiger partial charge in [0.25, 0.3) is 0 Å². The molecule has 1 heteroatoms. The molecule has 1 nitrogen and oxygen atoms in total. The monoisotopic (exact) mass is 159 g/mol. The second-order valence-corrected chi connectivity index (χ2v) is 3.09. The summed E-state index contributed by atoms with van der Waals surface area (Å²) in [7, 11) is 4.27. The first-order chi connectivity index (χ1) is 5.09. The van der Waals surface area contributed by atoms with Gasteiger partial charge in [0, 0.05) is 6.04 Å². The van der Waals surface area contributed by atoms with Crippen molar-refractivity contribution in [3.63, 3.8) is 0 Å². The topological polar surface area (TPSA) is 3.24 Å². The molecule has 2 atom stereocenters. The number of hydrogen-bond acceptors (Lipinski definition) is 1. The van der Waals surface area contributed by atoms with Crippen LogP contribution in [-0.2, 0) is 0 Å². The van der Waals surface area contributed by atoms with E-state index in [2.05, 4.69) is 39.8 Å². The van der Waals surface area contributed by atoms with Crippen molar-refractivity contribution in [2.45, 2.75) is 47.1 Å². The van der Waals surface area contributed by atoms with Crippen molar-refractivity contribution in [2.24, 2.45) is 5.92 Å². The molecule has 0 saturated carbocycles. The highest BCUT2D eigenvalue weighted by molar-refractivity contribution is 4.65. The zero-order chi connectivity index (χ0) is 9.44. The maximum atomic E-state index is 2.30. The van der Waals surface area contributed by atoms with Gasteiger partial charge in [-0.15, -0.1) is 0 Å². The van der Waals surface area contributed by atoms with E-state index in [0.717, 1.165) is 12.0 Å². The molecule has 0 aliphatic rings. The first-order valence-electron chi connectivity index (χ1n) is 4.76. The van der Waals surface area contributed by atoms with E-state index >= 15 is 0 Å². The largest absolute Gasteiger partial charge is 0.306 e. The SMILES string of the molecule is CC.CCC(C)C(C)N(C)C. The standard InChI is InChI=1S/C8H19N.C2H6/c1-6-7(2)8(3)9(4)5;1-2/h7-8H,6H2,1-5H3;1-2H3. The Balaban J connectivity index is 0. The molecule has 0 aromatic carbocycles. The average molecular weight is 159 g/mol. The van der Waals surface area contributed by atoms with Gasteiger partial charge in [0.05, 0.1) is 0 Å². The van der Waals surface area contributed by atoms with Gasteiger partial charge in [-0.25, -0.2) is 0 Å². The van der Waals surface area contributed by atoms with Crippen LogP contribution >= 0.6 is 0 Å². The molecular weight excluding hydrogens is 134 g/mol. The van der Waals surface area contributed by atoms with Gasteiger partial charge in [-0.2, -0.15) is 0 Å². The summed E-state index contributed by atoms with van der Waals surface area (Å²) in [4.78, 5) is 2.27. The Hall–Kier alpha value is -0.0400. The fourth-order valence-corrected chi connectivity index (χ4v) is 0.850. The molecule has 0 aliphatic carbocycles. The first-order valence-corrected chi connectivity index (χ1v) is 4.76. The van der Waals surface area contributed by atoms with Crippen molar-refractivity contribution in [3.8, 4) is 0 Å². The third kappa shape index (κ3) is 6.36. The summed E-state index contributed by atoms with van der Waals surface area (Å²) in [6.45, 7) is 10.8. The summed E-state index contributed by atoms with van der Waals surface area (Å²) in [5.74, 6) is 0.819. The lowest BCUT2D eigenvalue weighted by Gasteiger charge is -2.25. The lowest BCUT2D eigenvalue weighted by atomic mass is 10.0. The third-order valence-corrected chi connectivity index (χ3v) is 2.28. The van der Waals surface area contributed by atoms with Gasteiger partial charge in [-0.1, -0.05) is 34.1 Å². The van der Waals surface area contributed by atoms with Gasteiger partial charge in [0.2, 0.25) is 0 Å². The van der Waals surface area contributed by atoms with Gasteiger partial charge < -0.3 is 4.90 Å². The van der Waals surface area contributed by atoms with Crippen LogP contribution in [-0.4, -0.2) is 25.0 Å². The Labute approximate surface area is 72.8 Å². The van der Waals surface area contributed by atoms with Gasteiger partial charge >= 0.3 is 0 Å². The van der Waals surface area contributed by atoms with Crippen molar-refractivity contribution in [3.05, 3.63) is 0 Å². The predicted octanol–water partition coefficient (Wildman–Crippen LogP) is 3.01. The fraction of sp³-hybridized carbons (Fsp3) is 1.00. The summed E-state index contributed by atoms with van der Waals surface area (Å²) in [5.41, 5.74) is 0. The van der Waals surface area contributed by atoms with Crippen LogP contribution in [0.5, 0.6) is 0 Å². The molecule has 2 unspecified atom stereocenters. The van der Waals surface area contributed by atoms with Crippen molar-refractivity contribution in [1.82, 2.24) is 4.90 Å². The van der Waals surface area contributed by atoms with E-state index < -0.39 is 0 Å². The van der Waals surface area contributed by atoms with Crippen LogP contribution in [0.4, 0.5) is 0 Å². The summed E-state index contributed by atoms with van der Waals surface area (Å²) < 4.78 is 0. The molecule has 0 spiro atoms. The second-order valence-electron chi connectivity index (χ2n) is 3.09. The Bertz CT molecular complexity index is 69.3. The van der Waals surface area contributed by atoms with Crippen LogP contribution in [0.1, 0.15) is 41.0 Å². The molecule has 0 N–H and O–H groups in total. The molecule has 0 rings (SSSR count). The minimum Gasteiger partial charge on any atom is -0.306 e. The molecule has 0 amide bonds. The maximum Gasteiger partial charge on any atom is 0.00863 e. The van der Waals surface area contributed by atoms with Crippen LogP contribution in [0.25, 0.3) is 0 Å². The van der Waals surface area contributed by atoms with Crippen LogP contribution in [0.3, 0.4) is 0 Å². The van der Waals surface area contributed by atoms with Crippen LogP contribution in [0.2, 0.25) is 0 Å². The Morgan fingerprint density at radius 3 is 1.55 bits per heavy atom. The maximum absolute atomic E-state index is 2.30. The van der Waals surface area contributed by atoms with Crippen LogP contribution in [0, 0.1) is 5.92 Å². The van der Waals surface area contributed by atoms with E-state index in [9.17, 15) is 0 Å². The number of rotatable bonds is 3. The molecule has 0 bridgehead atoms. The summed E-state index contributed by atoms with van der Waals surface area (Å²) in [5, 5.41) is 0.